The molecule has 0 spiro atoms. The number of imidazole rings is 1. The quantitative estimate of drug-likeness (QED) is 0.430. The van der Waals surface area contributed by atoms with Crippen molar-refractivity contribution in [3.05, 3.63) is 67.8 Å². The highest BCUT2D eigenvalue weighted by atomic mass is 32.1. The van der Waals surface area contributed by atoms with Gasteiger partial charge in [0.1, 0.15) is 6.23 Å². The maximum Gasteiger partial charge on any atom is 0.449 e. The Labute approximate surface area is 189 Å². The van der Waals surface area contributed by atoms with Crippen LogP contribution in [0.4, 0.5) is 18.9 Å². The summed E-state index contributed by atoms with van der Waals surface area (Å²) in [6.45, 7) is -0.373. The number of hydrogen-bond donors (Lipinski definition) is 1. The van der Waals surface area contributed by atoms with Crippen molar-refractivity contribution < 1.29 is 17.9 Å². The third-order valence-corrected chi connectivity index (χ3v) is 5.98. The van der Waals surface area contributed by atoms with Crippen LogP contribution in [0.5, 0.6) is 0 Å². The van der Waals surface area contributed by atoms with Gasteiger partial charge >= 0.3 is 11.9 Å². The Hall–Kier alpha value is -3.38. The molecule has 1 atom stereocenters. The monoisotopic (exact) mass is 479 g/mol. The van der Waals surface area contributed by atoms with Crippen molar-refractivity contribution in [2.75, 3.05) is 12.4 Å². The number of thiophene rings is 1. The minimum absolute atomic E-state index is 0.330. The van der Waals surface area contributed by atoms with Crippen molar-refractivity contribution in [1.82, 2.24) is 18.7 Å². The molecule has 0 aliphatic rings. The summed E-state index contributed by atoms with van der Waals surface area (Å²) in [6.07, 6.45) is -5.77. The van der Waals surface area contributed by atoms with Gasteiger partial charge in [0.25, 0.3) is 5.56 Å². The first-order valence-corrected chi connectivity index (χ1v) is 10.7. The first-order chi connectivity index (χ1) is 15.6. The van der Waals surface area contributed by atoms with Crippen molar-refractivity contribution in [2.45, 2.75) is 18.9 Å². The van der Waals surface area contributed by atoms with Crippen LogP contribution in [0, 0.1) is 0 Å². The zero-order valence-corrected chi connectivity index (χ0v) is 18.7. The molecular weight excluding hydrogens is 459 g/mol. The summed E-state index contributed by atoms with van der Waals surface area (Å²) in [7, 11) is 3.82. The lowest BCUT2D eigenvalue weighted by Crippen LogP contribution is -2.38. The van der Waals surface area contributed by atoms with Gasteiger partial charge in [0.2, 0.25) is 5.82 Å². The number of halogens is 3. The molecule has 4 rings (SSSR count). The number of benzene rings is 1. The lowest BCUT2D eigenvalue weighted by Gasteiger charge is -2.21. The molecule has 0 saturated heterocycles. The van der Waals surface area contributed by atoms with Crippen LogP contribution in [0.25, 0.3) is 22.3 Å². The summed E-state index contributed by atoms with van der Waals surface area (Å²) in [6, 6.07) is 9.34. The van der Waals surface area contributed by atoms with Crippen LogP contribution in [0.1, 0.15) is 5.82 Å². The maximum absolute atomic E-state index is 13.8. The highest BCUT2D eigenvalue weighted by Gasteiger charge is 2.39. The van der Waals surface area contributed by atoms with E-state index in [1.54, 1.807) is 23.5 Å². The van der Waals surface area contributed by atoms with E-state index in [9.17, 15) is 22.8 Å². The number of rotatable bonds is 6. The fraction of sp³-hybridized carbons (Fsp3) is 0.286. The molecule has 1 unspecified atom stereocenters. The number of aryl methyl sites for hydroxylation is 1. The summed E-state index contributed by atoms with van der Waals surface area (Å²) < 4.78 is 49.1. The van der Waals surface area contributed by atoms with Gasteiger partial charge in [-0.25, -0.2) is 9.78 Å². The summed E-state index contributed by atoms with van der Waals surface area (Å²) in [4.78, 5) is 28.5. The lowest BCUT2D eigenvalue weighted by molar-refractivity contribution is -0.147. The maximum atomic E-state index is 13.8. The van der Waals surface area contributed by atoms with Gasteiger partial charge in [0.05, 0.1) is 6.54 Å². The summed E-state index contributed by atoms with van der Waals surface area (Å²) in [5.41, 5.74) is 0.383. The molecule has 0 radical (unpaired) electrons. The Bertz CT molecular complexity index is 1400. The lowest BCUT2D eigenvalue weighted by atomic mass is 10.1. The minimum Gasteiger partial charge on any atom is -0.360 e. The standard InChI is InChI=1S/C21H20F3N5O3S/c1-27-17-16(18(30)28(2)20(27)31)29(19(26-17)21(22,23)24)10-15(32-3)25-14-6-4-12(5-7-14)13-8-9-33-11-13/h4-9,11,15,25H,10H2,1-3H3. The normalized spacial score (nSPS) is 12.9. The van der Waals surface area contributed by atoms with E-state index in [0.29, 0.717) is 5.69 Å². The number of ether oxygens (including phenoxy) is 1. The smallest absolute Gasteiger partial charge is 0.360 e. The van der Waals surface area contributed by atoms with E-state index in [1.807, 2.05) is 29.0 Å². The van der Waals surface area contributed by atoms with E-state index in [0.717, 1.165) is 24.8 Å². The van der Waals surface area contributed by atoms with Crippen molar-refractivity contribution in [2.24, 2.45) is 14.1 Å². The van der Waals surface area contributed by atoms with Gasteiger partial charge in [-0.15, -0.1) is 0 Å². The van der Waals surface area contributed by atoms with E-state index in [-0.39, 0.29) is 17.7 Å². The Morgan fingerprint density at radius 2 is 1.79 bits per heavy atom. The molecule has 0 aliphatic carbocycles. The van der Waals surface area contributed by atoms with Gasteiger partial charge in [0.15, 0.2) is 11.2 Å². The summed E-state index contributed by atoms with van der Waals surface area (Å²) >= 11 is 1.58. The molecule has 0 fully saturated rings. The largest absolute Gasteiger partial charge is 0.449 e. The number of nitrogens with one attached hydrogen (secondary N) is 1. The van der Waals surface area contributed by atoms with Gasteiger partial charge in [0, 0.05) is 26.9 Å². The van der Waals surface area contributed by atoms with Crippen molar-refractivity contribution in [1.29, 1.82) is 0 Å². The second-order valence-corrected chi connectivity index (χ2v) is 8.16. The predicted molar refractivity (Wildman–Crippen MR) is 119 cm³/mol. The van der Waals surface area contributed by atoms with Crippen LogP contribution < -0.4 is 16.6 Å². The molecule has 3 aromatic heterocycles. The highest BCUT2D eigenvalue weighted by molar-refractivity contribution is 7.08. The van der Waals surface area contributed by atoms with E-state index in [2.05, 4.69) is 10.3 Å². The van der Waals surface area contributed by atoms with E-state index >= 15 is 0 Å². The van der Waals surface area contributed by atoms with Crippen LogP contribution in [0.15, 0.2) is 50.7 Å². The number of fused-ring (bicyclic) bond motifs is 1. The van der Waals surface area contributed by atoms with Gasteiger partial charge in [-0.05, 0) is 40.1 Å². The molecular formula is C21H20F3N5O3S. The Kier molecular flexibility index (Phi) is 5.89. The molecule has 8 nitrogen and oxygen atoms in total. The average molecular weight is 479 g/mol. The topological polar surface area (TPSA) is 83.1 Å². The molecule has 0 aliphatic heterocycles. The van der Waals surface area contributed by atoms with Crippen LogP contribution in [-0.4, -0.2) is 32.0 Å². The second-order valence-electron chi connectivity index (χ2n) is 7.38. The zero-order valence-electron chi connectivity index (χ0n) is 17.9. The molecule has 1 aromatic carbocycles. The van der Waals surface area contributed by atoms with Crippen LogP contribution in [0.2, 0.25) is 0 Å². The number of anilines is 1. The number of nitrogens with zero attached hydrogens (tertiary/aromatic N) is 4. The SMILES string of the molecule is COC(Cn1c(C(F)(F)F)nc2c1c(=O)n(C)c(=O)n2C)Nc1ccc(-c2ccsc2)cc1. The molecule has 3 heterocycles. The predicted octanol–water partition coefficient (Wildman–Crippen LogP) is 3.27. The second kappa shape index (κ2) is 8.52. The van der Waals surface area contributed by atoms with Crippen LogP contribution in [0.3, 0.4) is 0 Å². The third-order valence-electron chi connectivity index (χ3n) is 5.30. The number of alkyl halides is 3. The third kappa shape index (κ3) is 4.18. The molecule has 12 heteroatoms. The van der Waals surface area contributed by atoms with Gasteiger partial charge in [-0.3, -0.25) is 13.9 Å². The van der Waals surface area contributed by atoms with Gasteiger partial charge in [-0.2, -0.15) is 24.5 Å². The van der Waals surface area contributed by atoms with Crippen LogP contribution in [-0.2, 0) is 31.6 Å². The van der Waals surface area contributed by atoms with Crippen molar-refractivity contribution in [3.8, 4) is 11.1 Å². The van der Waals surface area contributed by atoms with E-state index in [1.165, 1.54) is 21.2 Å². The fourth-order valence-electron chi connectivity index (χ4n) is 3.56. The number of aromatic nitrogens is 4. The number of hydrogen-bond acceptors (Lipinski definition) is 6. The Morgan fingerprint density at radius 3 is 2.36 bits per heavy atom. The van der Waals surface area contributed by atoms with E-state index in [4.69, 9.17) is 4.74 Å². The molecule has 0 saturated carbocycles. The number of methoxy groups -OCH3 is 1. The molecule has 1 N–H and O–H groups in total. The Morgan fingerprint density at radius 1 is 1.09 bits per heavy atom. The van der Waals surface area contributed by atoms with Crippen molar-refractivity contribution >= 4 is 28.2 Å². The fourth-order valence-corrected chi connectivity index (χ4v) is 4.22. The molecule has 4 aromatic rings. The minimum atomic E-state index is -4.85. The first-order valence-electron chi connectivity index (χ1n) is 9.77. The highest BCUT2D eigenvalue weighted by Crippen LogP contribution is 2.31. The molecule has 33 heavy (non-hydrogen) atoms. The summed E-state index contributed by atoms with van der Waals surface area (Å²) in [5.74, 6) is -1.28. The first kappa shape index (κ1) is 22.8. The van der Waals surface area contributed by atoms with Gasteiger partial charge < -0.3 is 14.6 Å². The molecule has 174 valence electrons. The molecule has 0 amide bonds. The zero-order chi connectivity index (χ0) is 23.9. The van der Waals surface area contributed by atoms with Crippen LogP contribution >= 0.6 is 11.3 Å². The summed E-state index contributed by atoms with van der Waals surface area (Å²) in [5, 5.41) is 7.01. The van der Waals surface area contributed by atoms with Crippen molar-refractivity contribution in [3.63, 3.8) is 0 Å². The Balaban J connectivity index is 1.72. The average Bonchev–Trinajstić information content (AvgIpc) is 3.44. The van der Waals surface area contributed by atoms with Gasteiger partial charge in [-0.1, -0.05) is 12.1 Å². The molecule has 0 bridgehead atoms. The van der Waals surface area contributed by atoms with E-state index < -0.39 is 29.5 Å².